The molecule has 1 aromatic carbocycles. The number of methoxy groups -OCH3 is 1. The molecule has 0 heterocycles. The molecule has 1 aromatic rings. The highest BCUT2D eigenvalue weighted by atomic mass is 16.5. The van der Waals surface area contributed by atoms with Crippen LogP contribution < -0.4 is 15.4 Å². The molecule has 106 valence electrons. The van der Waals surface area contributed by atoms with Crippen molar-refractivity contribution >= 4 is 6.03 Å². The van der Waals surface area contributed by atoms with E-state index in [1.807, 2.05) is 6.07 Å². The van der Waals surface area contributed by atoms with Crippen LogP contribution in [0.4, 0.5) is 4.79 Å². The van der Waals surface area contributed by atoms with Crippen LogP contribution in [0.2, 0.25) is 0 Å². The van der Waals surface area contributed by atoms with Crippen LogP contribution in [0, 0.1) is 13.8 Å². The van der Waals surface area contributed by atoms with Crippen LogP contribution in [0.25, 0.3) is 0 Å². The number of rotatable bonds is 4. The third kappa shape index (κ3) is 3.63. The standard InChI is InChI=1S/C15H24N2O2/c1-10-7-11(2)13(12(8-10)19-6)15(3,4)9-17-14(18)16-5/h7-8H,9H2,1-6H3,(H2,16,17,18). The minimum Gasteiger partial charge on any atom is -0.496 e. The second kappa shape index (κ2) is 5.95. The van der Waals surface area contributed by atoms with Crippen LogP contribution in [0.3, 0.4) is 0 Å². The molecule has 0 fully saturated rings. The molecule has 0 atom stereocenters. The Labute approximate surface area is 115 Å². The van der Waals surface area contributed by atoms with E-state index in [9.17, 15) is 4.79 Å². The normalized spacial score (nSPS) is 11.1. The predicted octanol–water partition coefficient (Wildman–Crippen LogP) is 2.52. The molecule has 4 heteroatoms. The largest absolute Gasteiger partial charge is 0.496 e. The Morgan fingerprint density at radius 1 is 1.32 bits per heavy atom. The molecule has 2 amide bonds. The lowest BCUT2D eigenvalue weighted by atomic mass is 9.80. The fourth-order valence-electron chi connectivity index (χ4n) is 2.43. The number of amides is 2. The minimum atomic E-state index is -0.199. The molecule has 2 N–H and O–H groups in total. The van der Waals surface area contributed by atoms with E-state index in [4.69, 9.17) is 4.74 Å². The van der Waals surface area contributed by atoms with Gasteiger partial charge in [-0.1, -0.05) is 19.9 Å². The van der Waals surface area contributed by atoms with Gasteiger partial charge in [0.25, 0.3) is 0 Å². The van der Waals surface area contributed by atoms with Crippen molar-refractivity contribution in [2.24, 2.45) is 0 Å². The van der Waals surface area contributed by atoms with Gasteiger partial charge in [-0.2, -0.15) is 0 Å². The van der Waals surface area contributed by atoms with Crippen molar-refractivity contribution in [3.8, 4) is 5.75 Å². The van der Waals surface area contributed by atoms with Crippen LogP contribution in [-0.4, -0.2) is 26.7 Å². The summed E-state index contributed by atoms with van der Waals surface area (Å²) >= 11 is 0. The molecule has 0 bridgehead atoms. The smallest absolute Gasteiger partial charge is 0.314 e. The third-order valence-corrected chi connectivity index (χ3v) is 3.26. The fourth-order valence-corrected chi connectivity index (χ4v) is 2.43. The van der Waals surface area contributed by atoms with Crippen molar-refractivity contribution in [2.45, 2.75) is 33.1 Å². The first-order chi connectivity index (χ1) is 8.81. The SMILES string of the molecule is CNC(=O)NCC(C)(C)c1c(C)cc(C)cc1OC. The summed E-state index contributed by atoms with van der Waals surface area (Å²) in [4.78, 5) is 11.3. The number of urea groups is 1. The third-order valence-electron chi connectivity index (χ3n) is 3.26. The Morgan fingerprint density at radius 2 is 1.95 bits per heavy atom. The Kier molecular flexibility index (Phi) is 4.81. The van der Waals surface area contributed by atoms with Gasteiger partial charge >= 0.3 is 6.03 Å². The van der Waals surface area contributed by atoms with E-state index in [2.05, 4.69) is 44.4 Å². The van der Waals surface area contributed by atoms with E-state index in [1.54, 1.807) is 14.2 Å². The first-order valence-electron chi connectivity index (χ1n) is 6.43. The zero-order valence-corrected chi connectivity index (χ0v) is 12.7. The van der Waals surface area contributed by atoms with Gasteiger partial charge in [-0.25, -0.2) is 4.79 Å². The predicted molar refractivity (Wildman–Crippen MR) is 78.0 cm³/mol. The fraction of sp³-hybridized carbons (Fsp3) is 0.533. The molecule has 0 aliphatic rings. The number of carbonyl (C=O) groups is 1. The van der Waals surface area contributed by atoms with E-state index < -0.39 is 0 Å². The second-order valence-corrected chi connectivity index (χ2v) is 5.48. The van der Waals surface area contributed by atoms with Gasteiger partial charge in [-0.3, -0.25) is 0 Å². The molecule has 19 heavy (non-hydrogen) atoms. The molecule has 0 aliphatic heterocycles. The van der Waals surface area contributed by atoms with Gasteiger partial charge in [0, 0.05) is 24.6 Å². The topological polar surface area (TPSA) is 50.4 Å². The lowest BCUT2D eigenvalue weighted by Gasteiger charge is -2.29. The molecule has 0 saturated carbocycles. The maximum atomic E-state index is 11.3. The molecule has 0 saturated heterocycles. The monoisotopic (exact) mass is 264 g/mol. The first kappa shape index (κ1) is 15.3. The highest BCUT2D eigenvalue weighted by molar-refractivity contribution is 5.73. The summed E-state index contributed by atoms with van der Waals surface area (Å²) in [5.41, 5.74) is 3.29. The number of nitrogens with one attached hydrogen (secondary N) is 2. The first-order valence-corrected chi connectivity index (χ1v) is 6.43. The average molecular weight is 264 g/mol. The summed E-state index contributed by atoms with van der Waals surface area (Å²) in [6, 6.07) is 4.00. The van der Waals surface area contributed by atoms with E-state index in [-0.39, 0.29) is 11.4 Å². The van der Waals surface area contributed by atoms with Gasteiger partial charge in [0.2, 0.25) is 0 Å². The van der Waals surface area contributed by atoms with Gasteiger partial charge in [-0.15, -0.1) is 0 Å². The Morgan fingerprint density at radius 3 is 2.47 bits per heavy atom. The van der Waals surface area contributed by atoms with Crippen molar-refractivity contribution < 1.29 is 9.53 Å². The van der Waals surface area contributed by atoms with Gasteiger partial charge < -0.3 is 15.4 Å². The number of benzene rings is 1. The summed E-state index contributed by atoms with van der Waals surface area (Å²) in [5.74, 6) is 0.876. The van der Waals surface area contributed by atoms with E-state index in [0.717, 1.165) is 11.3 Å². The summed E-state index contributed by atoms with van der Waals surface area (Å²) < 4.78 is 5.50. The highest BCUT2D eigenvalue weighted by Gasteiger charge is 2.27. The molecule has 4 nitrogen and oxygen atoms in total. The molecule has 0 radical (unpaired) electrons. The number of carbonyl (C=O) groups excluding carboxylic acids is 1. The summed E-state index contributed by atoms with van der Waals surface area (Å²) in [6.45, 7) is 8.88. The van der Waals surface area contributed by atoms with Crippen LogP contribution in [-0.2, 0) is 5.41 Å². The average Bonchev–Trinajstić information content (AvgIpc) is 2.34. The molecular formula is C15H24N2O2. The summed E-state index contributed by atoms with van der Waals surface area (Å²) in [5, 5.41) is 5.42. The van der Waals surface area contributed by atoms with Crippen molar-refractivity contribution in [1.29, 1.82) is 0 Å². The molecule has 0 aromatic heterocycles. The van der Waals surface area contributed by atoms with Crippen molar-refractivity contribution in [3.05, 3.63) is 28.8 Å². The highest BCUT2D eigenvalue weighted by Crippen LogP contribution is 2.35. The van der Waals surface area contributed by atoms with Crippen molar-refractivity contribution in [3.63, 3.8) is 0 Å². The zero-order chi connectivity index (χ0) is 14.6. The Balaban J connectivity index is 3.09. The summed E-state index contributed by atoms with van der Waals surface area (Å²) in [7, 11) is 3.29. The number of hydrogen-bond acceptors (Lipinski definition) is 2. The quantitative estimate of drug-likeness (QED) is 0.878. The van der Waals surface area contributed by atoms with Crippen LogP contribution >= 0.6 is 0 Å². The number of aryl methyl sites for hydroxylation is 2. The summed E-state index contributed by atoms with van der Waals surface area (Å²) in [6.07, 6.45) is 0. The molecule has 0 spiro atoms. The Bertz CT molecular complexity index is 467. The van der Waals surface area contributed by atoms with Crippen LogP contribution in [0.5, 0.6) is 5.75 Å². The van der Waals surface area contributed by atoms with Gasteiger partial charge in [0.1, 0.15) is 5.75 Å². The minimum absolute atomic E-state index is 0.170. The molecular weight excluding hydrogens is 240 g/mol. The maximum Gasteiger partial charge on any atom is 0.314 e. The van der Waals surface area contributed by atoms with E-state index in [1.165, 1.54) is 11.1 Å². The lowest BCUT2D eigenvalue weighted by molar-refractivity contribution is 0.240. The zero-order valence-electron chi connectivity index (χ0n) is 12.7. The van der Waals surface area contributed by atoms with E-state index >= 15 is 0 Å². The van der Waals surface area contributed by atoms with Crippen molar-refractivity contribution in [2.75, 3.05) is 20.7 Å². The molecule has 1 rings (SSSR count). The Hall–Kier alpha value is -1.71. The second-order valence-electron chi connectivity index (χ2n) is 5.48. The van der Waals surface area contributed by atoms with Crippen molar-refractivity contribution in [1.82, 2.24) is 10.6 Å². The molecule has 0 unspecified atom stereocenters. The number of hydrogen-bond donors (Lipinski definition) is 2. The van der Waals surface area contributed by atoms with E-state index in [0.29, 0.717) is 6.54 Å². The maximum absolute atomic E-state index is 11.3. The van der Waals surface area contributed by atoms with Crippen LogP contribution in [0.1, 0.15) is 30.5 Å². The molecule has 0 aliphatic carbocycles. The van der Waals surface area contributed by atoms with Gasteiger partial charge in [0.15, 0.2) is 0 Å². The number of ether oxygens (including phenoxy) is 1. The van der Waals surface area contributed by atoms with Crippen LogP contribution in [0.15, 0.2) is 12.1 Å². The van der Waals surface area contributed by atoms with Gasteiger partial charge in [-0.05, 0) is 31.0 Å². The van der Waals surface area contributed by atoms with Gasteiger partial charge in [0.05, 0.1) is 7.11 Å². The lowest BCUT2D eigenvalue weighted by Crippen LogP contribution is -2.41.